The standard InChI is InChI=1S/C17H20FNO2/c1-10(2)20-16-9-17(15(19)8-14(16)18)21-13-6-5-11(3)12(4)7-13/h5-10H,19H2,1-4H3. The maximum Gasteiger partial charge on any atom is 0.167 e. The van der Waals surface area contributed by atoms with Crippen molar-refractivity contribution < 1.29 is 13.9 Å². The molecule has 4 heteroatoms. The van der Waals surface area contributed by atoms with E-state index in [0.717, 1.165) is 5.56 Å². The van der Waals surface area contributed by atoms with E-state index in [4.69, 9.17) is 15.2 Å². The van der Waals surface area contributed by atoms with Crippen molar-refractivity contribution in [2.75, 3.05) is 5.73 Å². The largest absolute Gasteiger partial charge is 0.488 e. The summed E-state index contributed by atoms with van der Waals surface area (Å²) in [5.41, 5.74) is 8.35. The van der Waals surface area contributed by atoms with Gasteiger partial charge in [0, 0.05) is 12.1 Å². The highest BCUT2D eigenvalue weighted by Gasteiger charge is 2.12. The maximum atomic E-state index is 13.8. The predicted molar refractivity (Wildman–Crippen MR) is 82.6 cm³/mol. The van der Waals surface area contributed by atoms with Crippen molar-refractivity contribution in [2.45, 2.75) is 33.8 Å². The number of hydrogen-bond donors (Lipinski definition) is 1. The van der Waals surface area contributed by atoms with Crippen LogP contribution in [0.1, 0.15) is 25.0 Å². The van der Waals surface area contributed by atoms with Crippen molar-refractivity contribution in [2.24, 2.45) is 0 Å². The number of aryl methyl sites for hydroxylation is 2. The normalized spacial score (nSPS) is 10.8. The minimum Gasteiger partial charge on any atom is -0.488 e. The number of nitrogens with two attached hydrogens (primary N) is 1. The molecule has 0 heterocycles. The molecule has 0 radical (unpaired) electrons. The third-order valence-corrected chi connectivity index (χ3v) is 3.13. The molecule has 2 rings (SSSR count). The fourth-order valence-corrected chi connectivity index (χ4v) is 1.89. The summed E-state index contributed by atoms with van der Waals surface area (Å²) in [7, 11) is 0. The lowest BCUT2D eigenvalue weighted by atomic mass is 10.1. The number of rotatable bonds is 4. The molecule has 0 amide bonds. The molecule has 0 bridgehead atoms. The Hall–Kier alpha value is -2.23. The van der Waals surface area contributed by atoms with Gasteiger partial charge in [-0.1, -0.05) is 6.07 Å². The minimum absolute atomic E-state index is 0.127. The highest BCUT2D eigenvalue weighted by atomic mass is 19.1. The Balaban J connectivity index is 2.32. The zero-order valence-electron chi connectivity index (χ0n) is 12.7. The number of hydrogen-bond acceptors (Lipinski definition) is 3. The fourth-order valence-electron chi connectivity index (χ4n) is 1.89. The van der Waals surface area contributed by atoms with Crippen molar-refractivity contribution in [1.29, 1.82) is 0 Å². The maximum absolute atomic E-state index is 13.8. The molecule has 0 unspecified atom stereocenters. The second kappa shape index (κ2) is 6.04. The van der Waals surface area contributed by atoms with Crippen molar-refractivity contribution in [3.05, 3.63) is 47.3 Å². The van der Waals surface area contributed by atoms with Crippen LogP contribution in [0.4, 0.5) is 10.1 Å². The SMILES string of the molecule is Cc1ccc(Oc2cc(OC(C)C)c(F)cc2N)cc1C. The lowest BCUT2D eigenvalue weighted by Crippen LogP contribution is -2.07. The van der Waals surface area contributed by atoms with Crippen LogP contribution in [0.3, 0.4) is 0 Å². The van der Waals surface area contributed by atoms with Crippen LogP contribution >= 0.6 is 0 Å². The molecule has 0 aliphatic rings. The van der Waals surface area contributed by atoms with Gasteiger partial charge in [-0.25, -0.2) is 4.39 Å². The lowest BCUT2D eigenvalue weighted by molar-refractivity contribution is 0.230. The summed E-state index contributed by atoms with van der Waals surface area (Å²) < 4.78 is 24.9. The smallest absolute Gasteiger partial charge is 0.167 e. The number of nitrogen functional groups attached to an aromatic ring is 1. The van der Waals surface area contributed by atoms with Crippen molar-refractivity contribution in [3.8, 4) is 17.2 Å². The van der Waals surface area contributed by atoms with Crippen molar-refractivity contribution >= 4 is 5.69 Å². The van der Waals surface area contributed by atoms with Crippen LogP contribution in [0, 0.1) is 19.7 Å². The van der Waals surface area contributed by atoms with Gasteiger partial charge < -0.3 is 15.2 Å². The van der Waals surface area contributed by atoms with Crippen LogP contribution in [-0.2, 0) is 0 Å². The number of benzene rings is 2. The molecule has 0 spiro atoms. The van der Waals surface area contributed by atoms with Gasteiger partial charge in [0.15, 0.2) is 17.3 Å². The van der Waals surface area contributed by atoms with E-state index in [1.165, 1.54) is 17.7 Å². The average molecular weight is 289 g/mol. The molecular weight excluding hydrogens is 269 g/mol. The van der Waals surface area contributed by atoms with Gasteiger partial charge in [0.05, 0.1) is 11.8 Å². The molecule has 112 valence electrons. The van der Waals surface area contributed by atoms with E-state index in [2.05, 4.69) is 0 Å². The molecule has 0 saturated carbocycles. The van der Waals surface area contributed by atoms with Gasteiger partial charge >= 0.3 is 0 Å². The quantitative estimate of drug-likeness (QED) is 0.836. The fraction of sp³-hybridized carbons (Fsp3) is 0.294. The summed E-state index contributed by atoms with van der Waals surface area (Å²) in [6, 6.07) is 8.44. The predicted octanol–water partition coefficient (Wildman–Crippen LogP) is 4.60. The number of ether oxygens (including phenoxy) is 2. The first-order valence-electron chi connectivity index (χ1n) is 6.87. The molecule has 0 atom stereocenters. The summed E-state index contributed by atoms with van der Waals surface area (Å²) in [4.78, 5) is 0. The average Bonchev–Trinajstić information content (AvgIpc) is 2.39. The van der Waals surface area contributed by atoms with Crippen LogP contribution in [0.5, 0.6) is 17.2 Å². The van der Waals surface area contributed by atoms with Crippen molar-refractivity contribution in [1.82, 2.24) is 0 Å². The summed E-state index contributed by atoms with van der Waals surface area (Å²) >= 11 is 0. The minimum atomic E-state index is -0.492. The Labute approximate surface area is 124 Å². The van der Waals surface area contributed by atoms with E-state index in [-0.39, 0.29) is 17.5 Å². The van der Waals surface area contributed by atoms with Gasteiger partial charge in [-0.05, 0) is 51.0 Å². The Morgan fingerprint density at radius 1 is 1.00 bits per heavy atom. The van der Waals surface area contributed by atoms with Crippen molar-refractivity contribution in [3.63, 3.8) is 0 Å². The van der Waals surface area contributed by atoms with E-state index in [9.17, 15) is 4.39 Å². The molecule has 0 fully saturated rings. The summed E-state index contributed by atoms with van der Waals surface area (Å²) in [5.74, 6) is 0.689. The van der Waals surface area contributed by atoms with E-state index in [0.29, 0.717) is 11.5 Å². The second-order valence-electron chi connectivity index (χ2n) is 5.34. The van der Waals surface area contributed by atoms with Crippen LogP contribution in [0.15, 0.2) is 30.3 Å². The van der Waals surface area contributed by atoms with E-state index >= 15 is 0 Å². The Kier molecular flexibility index (Phi) is 4.36. The Morgan fingerprint density at radius 3 is 2.33 bits per heavy atom. The summed E-state index contributed by atoms with van der Waals surface area (Å²) in [6.45, 7) is 7.70. The lowest BCUT2D eigenvalue weighted by Gasteiger charge is -2.15. The number of halogens is 1. The molecule has 3 nitrogen and oxygen atoms in total. The van der Waals surface area contributed by atoms with Gasteiger partial charge in [0.25, 0.3) is 0 Å². The summed E-state index contributed by atoms with van der Waals surface area (Å²) in [6.07, 6.45) is -0.127. The van der Waals surface area contributed by atoms with E-state index < -0.39 is 5.82 Å². The highest BCUT2D eigenvalue weighted by molar-refractivity contribution is 5.57. The third-order valence-electron chi connectivity index (χ3n) is 3.13. The first-order chi connectivity index (χ1) is 9.86. The first-order valence-corrected chi connectivity index (χ1v) is 6.87. The van der Waals surface area contributed by atoms with Gasteiger partial charge in [-0.15, -0.1) is 0 Å². The third kappa shape index (κ3) is 3.66. The van der Waals surface area contributed by atoms with Crippen LogP contribution < -0.4 is 15.2 Å². The number of anilines is 1. The second-order valence-corrected chi connectivity index (χ2v) is 5.34. The van der Waals surface area contributed by atoms with Crippen LogP contribution in [-0.4, -0.2) is 6.10 Å². The molecule has 0 aliphatic heterocycles. The van der Waals surface area contributed by atoms with E-state index in [1.54, 1.807) is 0 Å². The van der Waals surface area contributed by atoms with E-state index in [1.807, 2.05) is 45.9 Å². The highest BCUT2D eigenvalue weighted by Crippen LogP contribution is 2.34. The van der Waals surface area contributed by atoms with Crippen LogP contribution in [0.25, 0.3) is 0 Å². The molecule has 0 saturated heterocycles. The zero-order chi connectivity index (χ0) is 15.6. The Morgan fingerprint density at radius 2 is 1.71 bits per heavy atom. The van der Waals surface area contributed by atoms with Gasteiger partial charge in [-0.3, -0.25) is 0 Å². The van der Waals surface area contributed by atoms with Gasteiger partial charge in [0.1, 0.15) is 5.75 Å². The van der Waals surface area contributed by atoms with Crippen LogP contribution in [0.2, 0.25) is 0 Å². The summed E-state index contributed by atoms with van der Waals surface area (Å²) in [5, 5.41) is 0. The molecule has 21 heavy (non-hydrogen) atoms. The van der Waals surface area contributed by atoms with Gasteiger partial charge in [-0.2, -0.15) is 0 Å². The first kappa shape index (κ1) is 15.2. The monoisotopic (exact) mass is 289 g/mol. The molecule has 2 N–H and O–H groups in total. The molecule has 0 aliphatic carbocycles. The Bertz CT molecular complexity index is 653. The molecule has 2 aromatic rings. The topological polar surface area (TPSA) is 44.5 Å². The molecule has 0 aromatic heterocycles. The zero-order valence-corrected chi connectivity index (χ0v) is 12.7. The molecular formula is C17H20FNO2. The molecule has 2 aromatic carbocycles. The van der Waals surface area contributed by atoms with Gasteiger partial charge in [0.2, 0.25) is 0 Å².